The summed E-state index contributed by atoms with van der Waals surface area (Å²) in [4.78, 5) is 11.2. The van der Waals surface area contributed by atoms with Crippen molar-refractivity contribution in [3.63, 3.8) is 0 Å². The third kappa shape index (κ3) is 2.51. The van der Waals surface area contributed by atoms with Crippen molar-refractivity contribution in [3.05, 3.63) is 45.2 Å². The van der Waals surface area contributed by atoms with Crippen LogP contribution in [0.1, 0.15) is 40.5 Å². The van der Waals surface area contributed by atoms with Gasteiger partial charge in [-0.15, -0.1) is 5.10 Å². The van der Waals surface area contributed by atoms with E-state index in [1.165, 1.54) is 0 Å². The van der Waals surface area contributed by atoms with Crippen LogP contribution in [0.3, 0.4) is 0 Å². The van der Waals surface area contributed by atoms with Crippen LogP contribution >= 0.6 is 23.2 Å². The molecule has 1 aliphatic rings. The predicted molar refractivity (Wildman–Crippen MR) is 74.5 cm³/mol. The van der Waals surface area contributed by atoms with Crippen molar-refractivity contribution in [3.8, 4) is 0 Å². The Bertz CT molecular complexity index is 680. The molecule has 1 N–H and O–H groups in total. The highest BCUT2D eigenvalue weighted by Gasteiger charge is 2.33. The first-order chi connectivity index (χ1) is 9.56. The molecule has 0 aliphatic heterocycles. The van der Waals surface area contributed by atoms with E-state index in [0.717, 1.165) is 18.4 Å². The van der Waals surface area contributed by atoms with E-state index in [2.05, 4.69) is 10.3 Å². The average Bonchev–Trinajstić information content (AvgIpc) is 3.15. The first-order valence-corrected chi connectivity index (χ1v) is 6.92. The summed E-state index contributed by atoms with van der Waals surface area (Å²) in [5.74, 6) is -0.786. The van der Waals surface area contributed by atoms with Gasteiger partial charge in [0.25, 0.3) is 0 Å². The van der Waals surface area contributed by atoms with E-state index in [1.54, 1.807) is 16.8 Å². The molecule has 0 spiro atoms. The molecule has 104 valence electrons. The summed E-state index contributed by atoms with van der Waals surface area (Å²) in [6.07, 6.45) is 1.96. The fraction of sp³-hybridized carbons (Fsp3) is 0.308. The van der Waals surface area contributed by atoms with Crippen LogP contribution in [0.4, 0.5) is 0 Å². The molecule has 1 aromatic carbocycles. The fourth-order valence-electron chi connectivity index (χ4n) is 2.16. The highest BCUT2D eigenvalue weighted by Crippen LogP contribution is 2.41. The van der Waals surface area contributed by atoms with Crippen molar-refractivity contribution in [2.75, 3.05) is 0 Å². The molecule has 7 heteroatoms. The molecule has 1 aliphatic carbocycles. The number of benzene rings is 1. The second kappa shape index (κ2) is 5.07. The normalized spacial score (nSPS) is 14.5. The van der Waals surface area contributed by atoms with E-state index < -0.39 is 5.97 Å². The minimum Gasteiger partial charge on any atom is -0.476 e. The molecule has 3 rings (SSSR count). The van der Waals surface area contributed by atoms with Gasteiger partial charge in [0.05, 0.1) is 22.3 Å². The van der Waals surface area contributed by atoms with E-state index in [9.17, 15) is 4.79 Å². The fourth-order valence-corrected chi connectivity index (χ4v) is 2.48. The number of nitrogens with zero attached hydrogens (tertiary/aromatic N) is 3. The summed E-state index contributed by atoms with van der Waals surface area (Å²) in [5.41, 5.74) is 1.65. The molecule has 2 aromatic rings. The minimum atomic E-state index is -1.03. The number of aromatic nitrogens is 3. The van der Waals surface area contributed by atoms with Crippen LogP contribution in [-0.4, -0.2) is 26.1 Å². The summed E-state index contributed by atoms with van der Waals surface area (Å²) < 4.78 is 1.64. The van der Waals surface area contributed by atoms with Gasteiger partial charge in [0.1, 0.15) is 0 Å². The third-order valence-electron chi connectivity index (χ3n) is 3.26. The first kappa shape index (κ1) is 13.4. The highest BCUT2D eigenvalue weighted by atomic mass is 35.5. The lowest BCUT2D eigenvalue weighted by Gasteiger charge is -2.07. The molecule has 0 unspecified atom stereocenters. The zero-order chi connectivity index (χ0) is 14.3. The van der Waals surface area contributed by atoms with E-state index in [-0.39, 0.29) is 11.6 Å². The van der Waals surface area contributed by atoms with Crippen molar-refractivity contribution >= 4 is 29.2 Å². The quantitative estimate of drug-likeness (QED) is 0.941. The number of carboxylic acids is 1. The van der Waals surface area contributed by atoms with Crippen molar-refractivity contribution in [1.29, 1.82) is 0 Å². The van der Waals surface area contributed by atoms with E-state index in [4.69, 9.17) is 28.3 Å². The zero-order valence-corrected chi connectivity index (χ0v) is 11.9. The van der Waals surface area contributed by atoms with Crippen molar-refractivity contribution in [2.24, 2.45) is 0 Å². The topological polar surface area (TPSA) is 68.0 Å². The van der Waals surface area contributed by atoms with Gasteiger partial charge < -0.3 is 5.11 Å². The Labute approximate surface area is 125 Å². The van der Waals surface area contributed by atoms with E-state index in [1.807, 2.05) is 6.07 Å². The van der Waals surface area contributed by atoms with Gasteiger partial charge in [-0.1, -0.05) is 34.5 Å². The molecular formula is C13H11Cl2N3O2. The van der Waals surface area contributed by atoms with Crippen LogP contribution in [0.5, 0.6) is 0 Å². The molecule has 0 saturated heterocycles. The molecule has 1 heterocycles. The molecule has 1 aromatic heterocycles. The standard InChI is InChI=1S/C13H11Cl2N3O2/c14-9-4-1-7(5-10(9)15)6-18-12(8-2-3-8)11(13(19)20)16-17-18/h1,4-5,8H,2-3,6H2,(H,19,20). The maximum atomic E-state index is 11.2. The van der Waals surface area contributed by atoms with E-state index in [0.29, 0.717) is 22.3 Å². The number of hydrogen-bond acceptors (Lipinski definition) is 3. The Balaban J connectivity index is 1.94. The van der Waals surface area contributed by atoms with Gasteiger partial charge in [0.15, 0.2) is 5.69 Å². The summed E-state index contributed by atoms with van der Waals surface area (Å²) in [6, 6.07) is 5.31. The Hall–Kier alpha value is -1.59. The monoisotopic (exact) mass is 311 g/mol. The van der Waals surface area contributed by atoms with Crippen molar-refractivity contribution in [1.82, 2.24) is 15.0 Å². The average molecular weight is 312 g/mol. The van der Waals surface area contributed by atoms with Crippen molar-refractivity contribution < 1.29 is 9.90 Å². The summed E-state index contributed by atoms with van der Waals surface area (Å²) in [5, 5.41) is 17.8. The Morgan fingerprint density at radius 3 is 2.70 bits per heavy atom. The number of rotatable bonds is 4. The lowest BCUT2D eigenvalue weighted by molar-refractivity contribution is 0.0689. The lowest BCUT2D eigenvalue weighted by atomic mass is 10.2. The SMILES string of the molecule is O=C(O)c1nnn(Cc2ccc(Cl)c(Cl)c2)c1C1CC1. The van der Waals surface area contributed by atoms with Crippen LogP contribution in [-0.2, 0) is 6.54 Å². The lowest BCUT2D eigenvalue weighted by Crippen LogP contribution is -2.08. The molecule has 0 bridgehead atoms. The van der Waals surface area contributed by atoms with Gasteiger partial charge in [-0.3, -0.25) is 0 Å². The largest absolute Gasteiger partial charge is 0.476 e. The highest BCUT2D eigenvalue weighted by molar-refractivity contribution is 6.42. The van der Waals surface area contributed by atoms with E-state index >= 15 is 0 Å². The predicted octanol–water partition coefficient (Wildman–Crippen LogP) is 3.21. The molecule has 1 saturated carbocycles. The van der Waals surface area contributed by atoms with Crippen LogP contribution in [0.2, 0.25) is 10.0 Å². The maximum Gasteiger partial charge on any atom is 0.358 e. The zero-order valence-electron chi connectivity index (χ0n) is 10.4. The summed E-state index contributed by atoms with van der Waals surface area (Å²) in [7, 11) is 0. The minimum absolute atomic E-state index is 0.0487. The van der Waals surface area contributed by atoms with Gasteiger partial charge >= 0.3 is 5.97 Å². The maximum absolute atomic E-state index is 11.2. The molecule has 20 heavy (non-hydrogen) atoms. The molecular weight excluding hydrogens is 301 g/mol. The Kier molecular flexibility index (Phi) is 3.40. The molecule has 5 nitrogen and oxygen atoms in total. The number of hydrogen-bond donors (Lipinski definition) is 1. The molecule has 1 fully saturated rings. The second-order valence-electron chi connectivity index (χ2n) is 4.81. The van der Waals surface area contributed by atoms with Crippen LogP contribution in [0.15, 0.2) is 18.2 Å². The van der Waals surface area contributed by atoms with Gasteiger partial charge in [-0.05, 0) is 30.5 Å². The van der Waals surface area contributed by atoms with Gasteiger partial charge in [0.2, 0.25) is 0 Å². The third-order valence-corrected chi connectivity index (χ3v) is 4.00. The smallest absolute Gasteiger partial charge is 0.358 e. The number of halogens is 2. The van der Waals surface area contributed by atoms with Crippen molar-refractivity contribution in [2.45, 2.75) is 25.3 Å². The second-order valence-corrected chi connectivity index (χ2v) is 5.62. The number of carboxylic acid groups (broad SMARTS) is 1. The molecule has 0 radical (unpaired) electrons. The van der Waals surface area contributed by atoms with Gasteiger partial charge in [-0.2, -0.15) is 0 Å². The Morgan fingerprint density at radius 1 is 1.35 bits per heavy atom. The number of carbonyl (C=O) groups is 1. The van der Waals surface area contributed by atoms with Gasteiger partial charge in [0, 0.05) is 5.92 Å². The van der Waals surface area contributed by atoms with Crippen LogP contribution in [0.25, 0.3) is 0 Å². The van der Waals surface area contributed by atoms with Gasteiger partial charge in [-0.25, -0.2) is 9.48 Å². The first-order valence-electron chi connectivity index (χ1n) is 6.17. The van der Waals surface area contributed by atoms with Crippen LogP contribution < -0.4 is 0 Å². The Morgan fingerprint density at radius 2 is 2.10 bits per heavy atom. The summed E-state index contributed by atoms with van der Waals surface area (Å²) in [6.45, 7) is 0.434. The molecule has 0 amide bonds. The number of aromatic carboxylic acids is 1. The van der Waals surface area contributed by atoms with Crippen LogP contribution in [0, 0.1) is 0 Å². The molecule has 0 atom stereocenters. The summed E-state index contributed by atoms with van der Waals surface area (Å²) >= 11 is 11.9.